The van der Waals surface area contributed by atoms with E-state index in [9.17, 15) is 4.79 Å². The van der Waals surface area contributed by atoms with Gasteiger partial charge in [0.2, 0.25) is 0 Å². The Labute approximate surface area is 146 Å². The number of nitrogens with zero attached hydrogens (tertiary/aromatic N) is 2. The number of urea groups is 1. The van der Waals surface area contributed by atoms with Gasteiger partial charge in [0.1, 0.15) is 0 Å². The van der Waals surface area contributed by atoms with Crippen molar-refractivity contribution in [1.29, 1.82) is 0 Å². The molecule has 1 heterocycles. The van der Waals surface area contributed by atoms with Crippen molar-refractivity contribution in [2.45, 2.75) is 64.1 Å². The van der Waals surface area contributed by atoms with E-state index in [0.29, 0.717) is 12.1 Å². The third-order valence-electron chi connectivity index (χ3n) is 5.36. The van der Waals surface area contributed by atoms with Gasteiger partial charge in [-0.1, -0.05) is 50.1 Å². The van der Waals surface area contributed by atoms with Gasteiger partial charge in [0.25, 0.3) is 0 Å². The molecule has 1 N–H and O–H groups in total. The van der Waals surface area contributed by atoms with Crippen LogP contribution in [0.1, 0.15) is 51.0 Å². The third-order valence-corrected chi connectivity index (χ3v) is 5.36. The van der Waals surface area contributed by atoms with Gasteiger partial charge >= 0.3 is 6.03 Å². The molecule has 2 aliphatic rings. The third kappa shape index (κ3) is 4.50. The van der Waals surface area contributed by atoms with Crippen LogP contribution in [0.25, 0.3) is 0 Å². The van der Waals surface area contributed by atoms with E-state index in [1.807, 2.05) is 6.07 Å². The number of likely N-dealkylation sites (tertiary alicyclic amines) is 1. The monoisotopic (exact) mass is 329 g/mol. The maximum atomic E-state index is 13.0. The van der Waals surface area contributed by atoms with E-state index in [0.717, 1.165) is 45.4 Å². The Hall–Kier alpha value is -1.55. The smallest absolute Gasteiger partial charge is 0.318 e. The van der Waals surface area contributed by atoms with Crippen molar-refractivity contribution in [2.24, 2.45) is 0 Å². The minimum Gasteiger partial charge on any atom is -0.334 e. The topological polar surface area (TPSA) is 35.6 Å². The Kier molecular flexibility index (Phi) is 6.13. The summed E-state index contributed by atoms with van der Waals surface area (Å²) < 4.78 is 0. The Morgan fingerprint density at radius 1 is 1.21 bits per heavy atom. The zero-order valence-corrected chi connectivity index (χ0v) is 14.9. The quantitative estimate of drug-likeness (QED) is 0.865. The van der Waals surface area contributed by atoms with E-state index in [-0.39, 0.29) is 6.03 Å². The molecule has 4 heteroatoms. The summed E-state index contributed by atoms with van der Waals surface area (Å²) in [5.74, 6) is 0. The minimum absolute atomic E-state index is 0.133. The van der Waals surface area contributed by atoms with E-state index in [4.69, 9.17) is 0 Å². The number of hydrogen-bond acceptors (Lipinski definition) is 2. The zero-order chi connectivity index (χ0) is 16.8. The van der Waals surface area contributed by atoms with E-state index in [1.54, 1.807) is 0 Å². The van der Waals surface area contributed by atoms with E-state index in [2.05, 4.69) is 46.3 Å². The number of amides is 2. The lowest BCUT2D eigenvalue weighted by molar-refractivity contribution is 0.167. The van der Waals surface area contributed by atoms with Crippen LogP contribution in [-0.4, -0.2) is 47.5 Å². The maximum Gasteiger partial charge on any atom is 0.318 e. The van der Waals surface area contributed by atoms with Crippen LogP contribution >= 0.6 is 0 Å². The largest absolute Gasteiger partial charge is 0.334 e. The van der Waals surface area contributed by atoms with E-state index >= 15 is 0 Å². The molecule has 1 aliphatic heterocycles. The van der Waals surface area contributed by atoms with Crippen LogP contribution in [0.4, 0.5) is 4.79 Å². The highest BCUT2D eigenvalue weighted by atomic mass is 16.2. The predicted octanol–water partition coefficient (Wildman–Crippen LogP) is 3.63. The van der Waals surface area contributed by atoms with Gasteiger partial charge in [-0.15, -0.1) is 0 Å². The van der Waals surface area contributed by atoms with Crippen LogP contribution in [0.15, 0.2) is 30.3 Å². The molecule has 4 nitrogen and oxygen atoms in total. The summed E-state index contributed by atoms with van der Waals surface area (Å²) >= 11 is 0. The molecule has 1 saturated carbocycles. The van der Waals surface area contributed by atoms with Gasteiger partial charge in [0, 0.05) is 31.7 Å². The minimum atomic E-state index is 0.133. The fourth-order valence-electron chi connectivity index (χ4n) is 4.09. The molecule has 2 amide bonds. The summed E-state index contributed by atoms with van der Waals surface area (Å²) in [7, 11) is 0. The summed E-state index contributed by atoms with van der Waals surface area (Å²) in [4.78, 5) is 17.5. The van der Waals surface area contributed by atoms with Crippen molar-refractivity contribution < 1.29 is 4.79 Å². The molecule has 0 unspecified atom stereocenters. The SMILES string of the molecule is CCCN1CC[C@@H](NC(=O)N(Cc2ccccc2)C2CCCC2)C1. The lowest BCUT2D eigenvalue weighted by Crippen LogP contribution is -2.48. The van der Waals surface area contributed by atoms with Gasteiger partial charge in [-0.3, -0.25) is 0 Å². The van der Waals surface area contributed by atoms with Gasteiger partial charge in [-0.25, -0.2) is 4.79 Å². The number of benzene rings is 1. The number of nitrogens with one attached hydrogen (secondary N) is 1. The van der Waals surface area contributed by atoms with Crippen LogP contribution in [-0.2, 0) is 6.54 Å². The lowest BCUT2D eigenvalue weighted by atomic mass is 10.1. The van der Waals surface area contributed by atoms with Crippen molar-refractivity contribution in [3.8, 4) is 0 Å². The molecule has 0 spiro atoms. The second kappa shape index (κ2) is 8.52. The normalized spacial score (nSPS) is 22.0. The molecule has 2 fully saturated rings. The summed E-state index contributed by atoms with van der Waals surface area (Å²) in [6.07, 6.45) is 7.05. The second-order valence-electron chi connectivity index (χ2n) is 7.29. The molecule has 0 radical (unpaired) electrons. The molecule has 1 aromatic rings. The van der Waals surface area contributed by atoms with E-state index in [1.165, 1.54) is 24.8 Å². The first-order chi connectivity index (χ1) is 11.8. The van der Waals surface area contributed by atoms with Gasteiger partial charge in [0.05, 0.1) is 0 Å². The van der Waals surface area contributed by atoms with Crippen molar-refractivity contribution in [3.63, 3.8) is 0 Å². The van der Waals surface area contributed by atoms with Crippen LogP contribution in [0.3, 0.4) is 0 Å². The summed E-state index contributed by atoms with van der Waals surface area (Å²) in [5.41, 5.74) is 1.22. The van der Waals surface area contributed by atoms with Crippen molar-refractivity contribution >= 4 is 6.03 Å². The highest BCUT2D eigenvalue weighted by Crippen LogP contribution is 2.25. The van der Waals surface area contributed by atoms with Gasteiger partial charge in [0.15, 0.2) is 0 Å². The summed E-state index contributed by atoms with van der Waals surface area (Å²) in [6, 6.07) is 11.2. The number of rotatable bonds is 6. The number of carbonyl (C=O) groups is 1. The van der Waals surface area contributed by atoms with Crippen LogP contribution in [0.2, 0.25) is 0 Å². The molecule has 1 saturated heterocycles. The number of carbonyl (C=O) groups excluding carboxylic acids is 1. The van der Waals surface area contributed by atoms with Crippen LogP contribution in [0, 0.1) is 0 Å². The molecule has 0 aromatic heterocycles. The highest BCUT2D eigenvalue weighted by molar-refractivity contribution is 5.75. The van der Waals surface area contributed by atoms with Gasteiger partial charge in [-0.05, 0) is 37.8 Å². The van der Waals surface area contributed by atoms with Crippen molar-refractivity contribution in [1.82, 2.24) is 15.1 Å². The molecular weight excluding hydrogens is 298 g/mol. The molecular formula is C20H31N3O. The fraction of sp³-hybridized carbons (Fsp3) is 0.650. The van der Waals surface area contributed by atoms with Gasteiger partial charge < -0.3 is 15.1 Å². The van der Waals surface area contributed by atoms with Crippen molar-refractivity contribution in [3.05, 3.63) is 35.9 Å². The molecule has 0 bridgehead atoms. The van der Waals surface area contributed by atoms with E-state index < -0.39 is 0 Å². The molecule has 1 aromatic carbocycles. The molecule has 24 heavy (non-hydrogen) atoms. The Balaban J connectivity index is 1.61. The molecule has 1 atom stereocenters. The Morgan fingerprint density at radius 2 is 1.96 bits per heavy atom. The Bertz CT molecular complexity index is 513. The molecule has 3 rings (SSSR count). The average molecular weight is 329 g/mol. The summed E-state index contributed by atoms with van der Waals surface area (Å²) in [6.45, 7) is 6.20. The summed E-state index contributed by atoms with van der Waals surface area (Å²) in [5, 5.41) is 3.31. The first-order valence-corrected chi connectivity index (χ1v) is 9.59. The predicted molar refractivity (Wildman–Crippen MR) is 97.9 cm³/mol. The first kappa shape index (κ1) is 17.3. The van der Waals surface area contributed by atoms with Crippen molar-refractivity contribution in [2.75, 3.05) is 19.6 Å². The standard InChI is InChI=1S/C20H31N3O/c1-2-13-22-14-12-18(16-22)21-20(24)23(19-10-6-7-11-19)15-17-8-4-3-5-9-17/h3-5,8-9,18-19H,2,6-7,10-16H2,1H3,(H,21,24)/t18-/m1/s1. The van der Waals surface area contributed by atoms with Crippen LogP contribution < -0.4 is 5.32 Å². The fourth-order valence-corrected chi connectivity index (χ4v) is 4.09. The lowest BCUT2D eigenvalue weighted by Gasteiger charge is -2.30. The molecule has 1 aliphatic carbocycles. The molecule has 132 valence electrons. The highest BCUT2D eigenvalue weighted by Gasteiger charge is 2.30. The van der Waals surface area contributed by atoms with Crippen LogP contribution in [0.5, 0.6) is 0 Å². The maximum absolute atomic E-state index is 13.0. The number of hydrogen-bond donors (Lipinski definition) is 1. The van der Waals surface area contributed by atoms with Gasteiger partial charge in [-0.2, -0.15) is 0 Å². The second-order valence-corrected chi connectivity index (χ2v) is 7.29. The Morgan fingerprint density at radius 3 is 2.67 bits per heavy atom. The zero-order valence-electron chi connectivity index (χ0n) is 14.9. The average Bonchev–Trinajstić information content (AvgIpc) is 3.26. The first-order valence-electron chi connectivity index (χ1n) is 9.59.